The molecule has 0 radical (unpaired) electrons. The summed E-state index contributed by atoms with van der Waals surface area (Å²) in [5.41, 5.74) is 8.40. The summed E-state index contributed by atoms with van der Waals surface area (Å²) in [5, 5.41) is 3.05. The highest BCUT2D eigenvalue weighted by Crippen LogP contribution is 2.25. The Morgan fingerprint density at radius 3 is 2.76 bits per heavy atom. The van der Waals surface area contributed by atoms with E-state index in [1.165, 1.54) is 0 Å². The minimum absolute atomic E-state index is 0.286. The number of carbonyl (C=O) groups is 1. The third kappa shape index (κ3) is 5.35. The van der Waals surface area contributed by atoms with Gasteiger partial charge in [-0.1, -0.05) is 6.58 Å². The summed E-state index contributed by atoms with van der Waals surface area (Å²) in [7, 11) is 3.47. The van der Waals surface area contributed by atoms with Gasteiger partial charge in [-0.05, 0) is 18.2 Å². The number of methoxy groups -OCH3 is 1. The molecule has 0 aliphatic rings. The van der Waals surface area contributed by atoms with E-state index in [0.717, 1.165) is 17.5 Å². The fourth-order valence-corrected chi connectivity index (χ4v) is 1.84. The zero-order valence-corrected chi connectivity index (χ0v) is 12.6. The molecule has 6 heteroatoms. The van der Waals surface area contributed by atoms with Gasteiger partial charge in [0.25, 0.3) is 0 Å². The van der Waals surface area contributed by atoms with Crippen molar-refractivity contribution in [3.63, 3.8) is 0 Å². The number of nitrogens with zero attached hydrogens (tertiary/aromatic N) is 1. The van der Waals surface area contributed by atoms with Crippen molar-refractivity contribution in [2.24, 2.45) is 0 Å². The van der Waals surface area contributed by atoms with Crippen molar-refractivity contribution < 1.29 is 14.3 Å². The number of nitrogens with two attached hydrogens (primary N) is 1. The maximum atomic E-state index is 11.1. The van der Waals surface area contributed by atoms with Crippen LogP contribution in [-0.2, 0) is 14.3 Å². The van der Waals surface area contributed by atoms with Crippen molar-refractivity contribution in [3.05, 3.63) is 30.9 Å². The minimum Gasteiger partial charge on any atom is -0.461 e. The van der Waals surface area contributed by atoms with Crippen LogP contribution in [0.1, 0.15) is 0 Å². The molecular formula is C15H23N3O3. The molecule has 0 amide bonds. The fraction of sp³-hybridized carbons (Fsp3) is 0.400. The molecule has 0 bridgehead atoms. The number of esters is 1. The van der Waals surface area contributed by atoms with E-state index >= 15 is 0 Å². The highest BCUT2D eigenvalue weighted by molar-refractivity contribution is 5.81. The monoisotopic (exact) mass is 293 g/mol. The van der Waals surface area contributed by atoms with E-state index in [1.807, 2.05) is 25.2 Å². The van der Waals surface area contributed by atoms with Gasteiger partial charge in [0, 0.05) is 32.5 Å². The maximum Gasteiger partial charge on any atom is 0.330 e. The highest BCUT2D eigenvalue weighted by Gasteiger charge is 2.09. The molecule has 0 spiro atoms. The summed E-state index contributed by atoms with van der Waals surface area (Å²) in [5.74, 6) is -0.421. The Morgan fingerprint density at radius 2 is 2.14 bits per heavy atom. The molecule has 1 rings (SSSR count). The normalized spacial score (nSPS) is 10.0. The number of benzene rings is 1. The number of hydrogen-bond acceptors (Lipinski definition) is 6. The van der Waals surface area contributed by atoms with Gasteiger partial charge in [0.15, 0.2) is 0 Å². The number of nitrogen functional groups attached to an aromatic ring is 1. The zero-order valence-electron chi connectivity index (χ0n) is 12.6. The molecular weight excluding hydrogens is 270 g/mol. The number of anilines is 3. The van der Waals surface area contributed by atoms with Crippen molar-refractivity contribution in [2.75, 3.05) is 56.4 Å². The summed E-state index contributed by atoms with van der Waals surface area (Å²) in [6.07, 6.45) is 1.15. The molecule has 6 nitrogen and oxygen atoms in total. The average molecular weight is 293 g/mol. The van der Waals surface area contributed by atoms with Crippen LogP contribution in [0.25, 0.3) is 0 Å². The van der Waals surface area contributed by atoms with Crippen LogP contribution in [0.15, 0.2) is 30.9 Å². The Bertz CT molecular complexity index is 477. The third-order valence-corrected chi connectivity index (χ3v) is 3.01. The van der Waals surface area contributed by atoms with E-state index in [2.05, 4.69) is 16.8 Å². The molecule has 3 N–H and O–H groups in total. The van der Waals surface area contributed by atoms with Crippen molar-refractivity contribution in [3.8, 4) is 0 Å². The second-order valence-corrected chi connectivity index (χ2v) is 4.37. The third-order valence-electron chi connectivity index (χ3n) is 3.01. The molecule has 0 fully saturated rings. The SMILES string of the molecule is C=CC(=O)OCCN(CCOC)c1ccc(N)c(NC)c1. The predicted molar refractivity (Wildman–Crippen MR) is 85.6 cm³/mol. The van der Waals surface area contributed by atoms with Gasteiger partial charge < -0.3 is 25.4 Å². The first kappa shape index (κ1) is 16.8. The molecule has 0 saturated heterocycles. The van der Waals surface area contributed by atoms with Crippen molar-refractivity contribution >= 4 is 23.0 Å². The zero-order chi connectivity index (χ0) is 15.7. The van der Waals surface area contributed by atoms with Crippen LogP contribution in [0.2, 0.25) is 0 Å². The second kappa shape index (κ2) is 8.86. The van der Waals surface area contributed by atoms with Crippen LogP contribution in [0.3, 0.4) is 0 Å². The van der Waals surface area contributed by atoms with Crippen LogP contribution in [0.4, 0.5) is 17.1 Å². The molecule has 0 saturated carbocycles. The molecule has 0 aromatic heterocycles. The van der Waals surface area contributed by atoms with Gasteiger partial charge in [0.2, 0.25) is 0 Å². The summed E-state index contributed by atoms with van der Waals surface area (Å²) >= 11 is 0. The van der Waals surface area contributed by atoms with Gasteiger partial charge in [0.05, 0.1) is 24.5 Å². The lowest BCUT2D eigenvalue weighted by Crippen LogP contribution is -2.31. The predicted octanol–water partition coefficient (Wildman–Crippen LogP) is 1.49. The average Bonchev–Trinajstić information content (AvgIpc) is 2.51. The Morgan fingerprint density at radius 1 is 1.43 bits per heavy atom. The highest BCUT2D eigenvalue weighted by atomic mass is 16.5. The summed E-state index contributed by atoms with van der Waals surface area (Å²) < 4.78 is 10.1. The Balaban J connectivity index is 2.76. The largest absolute Gasteiger partial charge is 0.461 e. The van der Waals surface area contributed by atoms with Crippen LogP contribution in [-0.4, -0.2) is 46.4 Å². The lowest BCUT2D eigenvalue weighted by atomic mass is 10.2. The first-order valence-electron chi connectivity index (χ1n) is 6.72. The molecule has 0 heterocycles. The van der Waals surface area contributed by atoms with Crippen molar-refractivity contribution in [2.45, 2.75) is 0 Å². The number of rotatable bonds is 9. The Kier molecular flexibility index (Phi) is 7.11. The Labute approximate surface area is 125 Å². The number of nitrogens with one attached hydrogen (secondary N) is 1. The van der Waals surface area contributed by atoms with Gasteiger partial charge in [0.1, 0.15) is 6.61 Å². The molecule has 0 atom stereocenters. The van der Waals surface area contributed by atoms with Gasteiger partial charge in [-0.15, -0.1) is 0 Å². The fourth-order valence-electron chi connectivity index (χ4n) is 1.84. The minimum atomic E-state index is -0.421. The lowest BCUT2D eigenvalue weighted by Gasteiger charge is -2.25. The van der Waals surface area contributed by atoms with Crippen molar-refractivity contribution in [1.82, 2.24) is 0 Å². The smallest absolute Gasteiger partial charge is 0.330 e. The molecule has 0 aliphatic heterocycles. The van der Waals surface area contributed by atoms with Crippen molar-refractivity contribution in [1.29, 1.82) is 0 Å². The van der Waals surface area contributed by atoms with Crippen LogP contribution in [0.5, 0.6) is 0 Å². The van der Waals surface area contributed by atoms with Crippen LogP contribution in [0, 0.1) is 0 Å². The van der Waals surface area contributed by atoms with Crippen LogP contribution < -0.4 is 16.0 Å². The Hall–Kier alpha value is -2.21. The number of carbonyl (C=O) groups excluding carboxylic acids is 1. The van der Waals surface area contributed by atoms with E-state index < -0.39 is 5.97 Å². The topological polar surface area (TPSA) is 76.8 Å². The van der Waals surface area contributed by atoms with E-state index in [0.29, 0.717) is 25.4 Å². The molecule has 116 valence electrons. The lowest BCUT2D eigenvalue weighted by molar-refractivity contribution is -0.137. The van der Waals surface area contributed by atoms with E-state index in [1.54, 1.807) is 7.11 Å². The molecule has 0 aliphatic carbocycles. The maximum absolute atomic E-state index is 11.1. The quantitative estimate of drug-likeness (QED) is 0.408. The van der Waals surface area contributed by atoms with Gasteiger partial charge in [-0.2, -0.15) is 0 Å². The molecule has 1 aromatic carbocycles. The second-order valence-electron chi connectivity index (χ2n) is 4.37. The van der Waals surface area contributed by atoms with Gasteiger partial charge in [-0.3, -0.25) is 0 Å². The first-order chi connectivity index (χ1) is 10.1. The summed E-state index contributed by atoms with van der Waals surface area (Å²) in [6, 6.07) is 5.73. The van der Waals surface area contributed by atoms with Crippen LogP contribution >= 0.6 is 0 Å². The van der Waals surface area contributed by atoms with E-state index in [4.69, 9.17) is 15.2 Å². The van der Waals surface area contributed by atoms with Gasteiger partial charge >= 0.3 is 5.97 Å². The molecule has 21 heavy (non-hydrogen) atoms. The number of hydrogen-bond donors (Lipinski definition) is 2. The number of ether oxygens (including phenoxy) is 2. The summed E-state index contributed by atoms with van der Waals surface area (Å²) in [4.78, 5) is 13.1. The van der Waals surface area contributed by atoms with E-state index in [-0.39, 0.29) is 6.61 Å². The molecule has 0 unspecified atom stereocenters. The van der Waals surface area contributed by atoms with E-state index in [9.17, 15) is 4.79 Å². The summed E-state index contributed by atoms with van der Waals surface area (Å²) in [6.45, 7) is 5.49. The molecule has 1 aromatic rings. The first-order valence-corrected chi connectivity index (χ1v) is 6.72. The standard InChI is InChI=1S/C15H23N3O3/c1-4-15(19)21-10-8-18(7-9-20-3)12-5-6-13(16)14(11-12)17-2/h4-6,11,17H,1,7-10,16H2,2-3H3. The van der Waals surface area contributed by atoms with Gasteiger partial charge in [-0.25, -0.2) is 4.79 Å².